The van der Waals surface area contributed by atoms with E-state index in [-0.39, 0.29) is 6.54 Å². The Morgan fingerprint density at radius 3 is 2.25 bits per heavy atom. The Labute approximate surface area is 146 Å². The molecule has 0 saturated carbocycles. The van der Waals surface area contributed by atoms with Crippen molar-refractivity contribution < 1.29 is 14.3 Å². The van der Waals surface area contributed by atoms with Crippen LogP contribution in [0.5, 0.6) is 0 Å². The third-order valence-electron chi connectivity index (χ3n) is 3.95. The molecule has 0 radical (unpaired) electrons. The molecule has 1 aromatic rings. The SMILES string of the molecule is C/C=C(/CN(CC=O)C(=O)OC(C)(C)C)[Si](C)(C)c1ccccc1. The highest BCUT2D eigenvalue weighted by molar-refractivity contribution is 6.95. The molecule has 0 aromatic heterocycles. The van der Waals surface area contributed by atoms with Gasteiger partial charge in [-0.2, -0.15) is 0 Å². The summed E-state index contributed by atoms with van der Waals surface area (Å²) >= 11 is 0. The second-order valence-corrected chi connectivity index (χ2v) is 11.8. The van der Waals surface area contributed by atoms with Crippen LogP contribution in [0.4, 0.5) is 4.79 Å². The maximum Gasteiger partial charge on any atom is 0.410 e. The number of carbonyl (C=O) groups excluding carboxylic acids is 2. The van der Waals surface area contributed by atoms with Gasteiger partial charge < -0.3 is 9.53 Å². The van der Waals surface area contributed by atoms with Gasteiger partial charge in [-0.15, -0.1) is 0 Å². The molecule has 0 atom stereocenters. The van der Waals surface area contributed by atoms with Crippen LogP contribution in [0.15, 0.2) is 41.6 Å². The zero-order chi connectivity index (χ0) is 18.4. The van der Waals surface area contributed by atoms with Crippen molar-refractivity contribution in [3.8, 4) is 0 Å². The molecule has 24 heavy (non-hydrogen) atoms. The summed E-state index contributed by atoms with van der Waals surface area (Å²) in [7, 11) is -1.91. The minimum absolute atomic E-state index is 0.0333. The van der Waals surface area contributed by atoms with Gasteiger partial charge in [0.1, 0.15) is 20.0 Å². The van der Waals surface area contributed by atoms with Crippen LogP contribution < -0.4 is 5.19 Å². The largest absolute Gasteiger partial charge is 0.444 e. The van der Waals surface area contributed by atoms with Crippen molar-refractivity contribution in [2.24, 2.45) is 0 Å². The van der Waals surface area contributed by atoms with Gasteiger partial charge in [0.15, 0.2) is 0 Å². The molecule has 132 valence electrons. The van der Waals surface area contributed by atoms with E-state index >= 15 is 0 Å². The maximum atomic E-state index is 12.4. The molecule has 5 heteroatoms. The molecule has 4 nitrogen and oxygen atoms in total. The lowest BCUT2D eigenvalue weighted by Crippen LogP contribution is -2.49. The Morgan fingerprint density at radius 2 is 1.79 bits per heavy atom. The Morgan fingerprint density at radius 1 is 1.21 bits per heavy atom. The van der Waals surface area contributed by atoms with Gasteiger partial charge >= 0.3 is 6.09 Å². The number of amides is 1. The summed E-state index contributed by atoms with van der Waals surface area (Å²) in [6, 6.07) is 10.3. The van der Waals surface area contributed by atoms with Gasteiger partial charge in [-0.25, -0.2) is 4.79 Å². The number of nitrogens with zero attached hydrogens (tertiary/aromatic N) is 1. The van der Waals surface area contributed by atoms with Gasteiger partial charge in [0.25, 0.3) is 0 Å². The second-order valence-electron chi connectivity index (χ2n) is 7.33. The third-order valence-corrected chi connectivity index (χ3v) is 7.78. The van der Waals surface area contributed by atoms with Crippen molar-refractivity contribution in [3.63, 3.8) is 0 Å². The van der Waals surface area contributed by atoms with Gasteiger partial charge in [0, 0.05) is 6.54 Å². The van der Waals surface area contributed by atoms with Crippen molar-refractivity contribution in [2.75, 3.05) is 13.1 Å². The number of aldehydes is 1. The minimum Gasteiger partial charge on any atom is -0.444 e. The second kappa shape index (κ2) is 8.28. The molecular formula is C19H29NO3Si. The number of allylic oxidation sites excluding steroid dienone is 1. The number of ether oxygens (including phenoxy) is 1. The van der Waals surface area contributed by atoms with E-state index in [0.717, 1.165) is 6.29 Å². The average molecular weight is 348 g/mol. The highest BCUT2D eigenvalue weighted by atomic mass is 28.3. The predicted octanol–water partition coefficient (Wildman–Crippen LogP) is 3.52. The monoisotopic (exact) mass is 347 g/mol. The molecule has 0 aliphatic heterocycles. The normalized spacial score (nSPS) is 12.7. The van der Waals surface area contributed by atoms with E-state index in [0.29, 0.717) is 6.54 Å². The number of rotatable bonds is 6. The van der Waals surface area contributed by atoms with Gasteiger partial charge in [0.05, 0.1) is 6.54 Å². The highest BCUT2D eigenvalue weighted by Crippen LogP contribution is 2.18. The smallest absolute Gasteiger partial charge is 0.410 e. The van der Waals surface area contributed by atoms with E-state index in [1.807, 2.05) is 45.9 Å². The first-order valence-electron chi connectivity index (χ1n) is 8.24. The number of benzene rings is 1. The summed E-state index contributed by atoms with van der Waals surface area (Å²) < 4.78 is 5.43. The number of carbonyl (C=O) groups is 2. The zero-order valence-corrected chi connectivity index (χ0v) is 16.6. The lowest BCUT2D eigenvalue weighted by atomic mass is 10.2. The van der Waals surface area contributed by atoms with Gasteiger partial charge in [-0.1, -0.05) is 59.9 Å². The average Bonchev–Trinajstić information content (AvgIpc) is 2.50. The maximum absolute atomic E-state index is 12.4. The lowest BCUT2D eigenvalue weighted by Gasteiger charge is -2.32. The Kier molecular flexibility index (Phi) is 6.96. The lowest BCUT2D eigenvalue weighted by molar-refractivity contribution is -0.108. The predicted molar refractivity (Wildman–Crippen MR) is 101 cm³/mol. The Balaban J connectivity index is 3.02. The fourth-order valence-electron chi connectivity index (χ4n) is 2.52. The molecule has 0 saturated heterocycles. The molecule has 0 heterocycles. The van der Waals surface area contributed by atoms with Crippen molar-refractivity contribution in [2.45, 2.75) is 46.4 Å². The fourth-order valence-corrected chi connectivity index (χ4v) is 5.22. The Bertz CT molecular complexity index is 588. The molecule has 1 aromatic carbocycles. The molecule has 0 unspecified atom stereocenters. The third kappa shape index (κ3) is 5.64. The zero-order valence-electron chi connectivity index (χ0n) is 15.6. The van der Waals surface area contributed by atoms with E-state index < -0.39 is 19.8 Å². The summed E-state index contributed by atoms with van der Waals surface area (Å²) in [5.74, 6) is 0. The van der Waals surface area contributed by atoms with Gasteiger partial charge in [-0.3, -0.25) is 4.90 Å². The summed E-state index contributed by atoms with van der Waals surface area (Å²) in [5.41, 5.74) is -0.583. The van der Waals surface area contributed by atoms with E-state index in [9.17, 15) is 9.59 Å². The molecule has 1 amide bonds. The van der Waals surface area contributed by atoms with Crippen molar-refractivity contribution in [3.05, 3.63) is 41.6 Å². The highest BCUT2D eigenvalue weighted by Gasteiger charge is 2.31. The number of hydrogen-bond acceptors (Lipinski definition) is 3. The molecule has 0 fully saturated rings. The van der Waals surface area contributed by atoms with Crippen LogP contribution in [0.25, 0.3) is 0 Å². The van der Waals surface area contributed by atoms with Crippen LogP contribution in [-0.4, -0.2) is 44.0 Å². The van der Waals surface area contributed by atoms with Crippen LogP contribution in [-0.2, 0) is 9.53 Å². The molecule has 0 spiro atoms. The fraction of sp³-hybridized carbons (Fsp3) is 0.474. The van der Waals surface area contributed by atoms with Crippen LogP contribution in [0.2, 0.25) is 13.1 Å². The Hall–Kier alpha value is -1.88. The van der Waals surface area contributed by atoms with Crippen molar-refractivity contribution in [1.82, 2.24) is 4.90 Å². The topological polar surface area (TPSA) is 46.6 Å². The first-order chi connectivity index (χ1) is 11.1. The summed E-state index contributed by atoms with van der Waals surface area (Å²) in [6.45, 7) is 12.4. The summed E-state index contributed by atoms with van der Waals surface area (Å²) in [5, 5.41) is 2.50. The minimum atomic E-state index is -1.91. The molecule has 1 rings (SSSR count). The van der Waals surface area contributed by atoms with Crippen molar-refractivity contribution >= 4 is 25.6 Å². The standard InChI is InChI=1S/C19H29NO3Si/c1-7-16(24(5,6)17-11-9-8-10-12-17)15-20(13-14-21)18(22)23-19(2,3)4/h7-12,14H,13,15H2,1-6H3/b16-7-. The summed E-state index contributed by atoms with van der Waals surface area (Å²) in [6.07, 6.45) is 2.36. The van der Waals surface area contributed by atoms with Crippen LogP contribution in [0.1, 0.15) is 27.7 Å². The molecule has 0 N–H and O–H groups in total. The molecular weight excluding hydrogens is 318 g/mol. The van der Waals surface area contributed by atoms with Crippen LogP contribution in [0.3, 0.4) is 0 Å². The van der Waals surface area contributed by atoms with E-state index in [2.05, 4.69) is 31.3 Å². The van der Waals surface area contributed by atoms with E-state index in [1.165, 1.54) is 15.3 Å². The first-order valence-corrected chi connectivity index (χ1v) is 11.2. The first kappa shape index (κ1) is 20.2. The van der Waals surface area contributed by atoms with Crippen molar-refractivity contribution in [1.29, 1.82) is 0 Å². The van der Waals surface area contributed by atoms with Gasteiger partial charge in [0.2, 0.25) is 0 Å². The molecule has 0 aliphatic carbocycles. The molecule has 0 aliphatic rings. The van der Waals surface area contributed by atoms with E-state index in [1.54, 1.807) is 0 Å². The van der Waals surface area contributed by atoms with Gasteiger partial charge in [-0.05, 0) is 27.7 Å². The van der Waals surface area contributed by atoms with Crippen LogP contribution >= 0.6 is 0 Å². The quantitative estimate of drug-likeness (QED) is 0.584. The number of hydrogen-bond donors (Lipinski definition) is 0. The summed E-state index contributed by atoms with van der Waals surface area (Å²) in [4.78, 5) is 24.9. The molecule has 0 bridgehead atoms. The van der Waals surface area contributed by atoms with Crippen LogP contribution in [0, 0.1) is 0 Å². The van der Waals surface area contributed by atoms with E-state index in [4.69, 9.17) is 4.74 Å².